The van der Waals surface area contributed by atoms with Crippen LogP contribution in [-0.2, 0) is 0 Å². The predicted octanol–water partition coefficient (Wildman–Crippen LogP) is 3.45. The van der Waals surface area contributed by atoms with E-state index in [-0.39, 0.29) is 4.87 Å². The van der Waals surface area contributed by atoms with Crippen LogP contribution in [0.5, 0.6) is 0 Å². The molecule has 0 nitrogen and oxygen atoms in total. The lowest BCUT2D eigenvalue weighted by Crippen LogP contribution is -2.07. The molecule has 1 aliphatic carbocycles. The Morgan fingerprint density at radius 2 is 1.91 bits per heavy atom. The van der Waals surface area contributed by atoms with Crippen LogP contribution in [0.2, 0.25) is 0 Å². The summed E-state index contributed by atoms with van der Waals surface area (Å²) < 4.78 is 0. The van der Waals surface area contributed by atoms with Crippen LogP contribution in [0.15, 0.2) is 35.5 Å². The van der Waals surface area contributed by atoms with E-state index in [1.165, 1.54) is 11.1 Å². The molecule has 0 N–H and O–H groups in total. The Kier molecular flexibility index (Phi) is 2.24. The van der Waals surface area contributed by atoms with Gasteiger partial charge < -0.3 is 0 Å². The van der Waals surface area contributed by atoms with Crippen molar-refractivity contribution in [1.82, 2.24) is 0 Å². The van der Waals surface area contributed by atoms with Crippen molar-refractivity contribution in [3.63, 3.8) is 0 Å². The van der Waals surface area contributed by atoms with Gasteiger partial charge in [-0.2, -0.15) is 0 Å². The Morgan fingerprint density at radius 3 is 2.55 bits per heavy atom. The minimum atomic E-state index is -0.307. The maximum absolute atomic E-state index is 6.14. The maximum Gasteiger partial charge on any atom is 0.0786 e. The minimum absolute atomic E-state index is 0.307. The molecule has 0 amide bonds. The summed E-state index contributed by atoms with van der Waals surface area (Å²) in [7, 11) is 0. The lowest BCUT2D eigenvalue weighted by Gasteiger charge is -2.11. The van der Waals surface area contributed by atoms with Crippen molar-refractivity contribution < 1.29 is 0 Å². The van der Waals surface area contributed by atoms with E-state index in [2.05, 4.69) is 26.0 Å². The smallest absolute Gasteiger partial charge is 0.0786 e. The Bertz CT molecular complexity index is 242. The summed E-state index contributed by atoms with van der Waals surface area (Å²) in [4.78, 5) is -0.307. The maximum atomic E-state index is 6.14. The van der Waals surface area contributed by atoms with Gasteiger partial charge in [0.1, 0.15) is 0 Å². The third kappa shape index (κ3) is 2.23. The first-order chi connectivity index (χ1) is 5.01. The van der Waals surface area contributed by atoms with Crippen molar-refractivity contribution in [3.8, 4) is 0 Å². The van der Waals surface area contributed by atoms with Gasteiger partial charge in [-0.1, -0.05) is 29.9 Å². The van der Waals surface area contributed by atoms with Crippen LogP contribution in [0.3, 0.4) is 0 Å². The Morgan fingerprint density at radius 1 is 1.27 bits per heavy atom. The average Bonchev–Trinajstić information content (AvgIpc) is 1.93. The van der Waals surface area contributed by atoms with Crippen molar-refractivity contribution in [2.45, 2.75) is 25.6 Å². The molecule has 0 radical (unpaired) electrons. The summed E-state index contributed by atoms with van der Waals surface area (Å²) in [6, 6.07) is 0. The molecule has 60 valence electrons. The van der Waals surface area contributed by atoms with Gasteiger partial charge in [0.25, 0.3) is 0 Å². The molecule has 0 saturated heterocycles. The Labute approximate surface area is 73.3 Å². The topological polar surface area (TPSA) is 0 Å². The first-order valence-electron chi connectivity index (χ1n) is 3.76. The third-order valence-corrected chi connectivity index (χ3v) is 2.12. The van der Waals surface area contributed by atoms with Crippen LogP contribution >= 0.6 is 11.6 Å². The molecule has 0 fully saturated rings. The minimum Gasteiger partial charge on any atom is -0.110 e. The Hall–Kier alpha value is -0.490. The molecule has 0 heterocycles. The van der Waals surface area contributed by atoms with Crippen molar-refractivity contribution in [2.75, 3.05) is 0 Å². The van der Waals surface area contributed by atoms with Crippen LogP contribution in [0, 0.1) is 0 Å². The normalized spacial score (nSPS) is 30.9. The standard InChI is InChI=1S/C10H13Cl/c1-8-5-4-6-10(3,11)7-9(8)2/h4-7H,1-3H3. The van der Waals surface area contributed by atoms with Crippen LogP contribution in [0.4, 0.5) is 0 Å². The summed E-state index contributed by atoms with van der Waals surface area (Å²) in [5.74, 6) is 0. The van der Waals surface area contributed by atoms with Gasteiger partial charge in [-0.25, -0.2) is 0 Å². The van der Waals surface area contributed by atoms with Crippen LogP contribution < -0.4 is 0 Å². The van der Waals surface area contributed by atoms with Gasteiger partial charge in [0.05, 0.1) is 4.87 Å². The number of hydrogen-bond acceptors (Lipinski definition) is 0. The highest BCUT2D eigenvalue weighted by Crippen LogP contribution is 2.25. The number of rotatable bonds is 0. The van der Waals surface area contributed by atoms with Crippen molar-refractivity contribution in [2.24, 2.45) is 0 Å². The van der Waals surface area contributed by atoms with Crippen LogP contribution in [-0.4, -0.2) is 4.87 Å². The summed E-state index contributed by atoms with van der Waals surface area (Å²) >= 11 is 6.14. The molecule has 1 heteroatoms. The molecule has 1 unspecified atom stereocenters. The number of allylic oxidation sites excluding steroid dienone is 6. The van der Waals surface area contributed by atoms with Crippen molar-refractivity contribution in [3.05, 3.63) is 35.5 Å². The van der Waals surface area contributed by atoms with Gasteiger partial charge in [-0.15, -0.1) is 11.6 Å². The average molecular weight is 169 g/mol. The number of halogens is 1. The molecule has 1 aliphatic rings. The molecule has 0 bridgehead atoms. The van der Waals surface area contributed by atoms with Gasteiger partial charge in [0.15, 0.2) is 0 Å². The second-order valence-corrected chi connectivity index (χ2v) is 4.00. The molecule has 0 aromatic carbocycles. The second kappa shape index (κ2) is 2.86. The molecule has 0 saturated carbocycles. The van der Waals surface area contributed by atoms with E-state index in [1.54, 1.807) is 0 Å². The van der Waals surface area contributed by atoms with E-state index in [9.17, 15) is 0 Å². The molecular formula is C10H13Cl. The van der Waals surface area contributed by atoms with E-state index in [0.29, 0.717) is 0 Å². The van der Waals surface area contributed by atoms with Crippen molar-refractivity contribution >= 4 is 11.6 Å². The SMILES string of the molecule is CC1=CC=CC(C)(Cl)C=C1C. The summed E-state index contributed by atoms with van der Waals surface area (Å²) in [6.45, 7) is 6.16. The lowest BCUT2D eigenvalue weighted by atomic mass is 10.1. The van der Waals surface area contributed by atoms with Gasteiger partial charge in [0, 0.05) is 0 Å². The number of alkyl halides is 1. The zero-order valence-corrected chi connectivity index (χ0v) is 7.94. The third-order valence-electron chi connectivity index (χ3n) is 1.89. The van der Waals surface area contributed by atoms with Gasteiger partial charge in [-0.05, 0) is 26.3 Å². The monoisotopic (exact) mass is 168 g/mol. The zero-order valence-electron chi connectivity index (χ0n) is 7.19. The van der Waals surface area contributed by atoms with Gasteiger partial charge in [0.2, 0.25) is 0 Å². The zero-order chi connectivity index (χ0) is 8.48. The first-order valence-corrected chi connectivity index (χ1v) is 4.14. The van der Waals surface area contributed by atoms with E-state index in [1.807, 2.05) is 19.1 Å². The fraction of sp³-hybridized carbons (Fsp3) is 0.400. The summed E-state index contributed by atoms with van der Waals surface area (Å²) in [5.41, 5.74) is 2.54. The van der Waals surface area contributed by atoms with E-state index >= 15 is 0 Å². The fourth-order valence-electron chi connectivity index (χ4n) is 1.10. The number of hydrogen-bond donors (Lipinski definition) is 0. The van der Waals surface area contributed by atoms with Crippen LogP contribution in [0.1, 0.15) is 20.8 Å². The van der Waals surface area contributed by atoms with Crippen LogP contribution in [0.25, 0.3) is 0 Å². The Balaban J connectivity index is 3.03. The largest absolute Gasteiger partial charge is 0.110 e. The first kappa shape index (κ1) is 8.61. The summed E-state index contributed by atoms with van der Waals surface area (Å²) in [5, 5.41) is 0. The highest BCUT2D eigenvalue weighted by Gasteiger charge is 2.14. The van der Waals surface area contributed by atoms with E-state index < -0.39 is 0 Å². The fourth-order valence-corrected chi connectivity index (χ4v) is 1.33. The highest BCUT2D eigenvalue weighted by molar-refractivity contribution is 6.26. The summed E-state index contributed by atoms with van der Waals surface area (Å²) in [6.07, 6.45) is 8.16. The molecule has 0 aromatic heterocycles. The molecule has 0 spiro atoms. The lowest BCUT2D eigenvalue weighted by molar-refractivity contribution is 0.980. The molecule has 0 aromatic rings. The van der Waals surface area contributed by atoms with Gasteiger partial charge in [-0.3, -0.25) is 0 Å². The molecule has 11 heavy (non-hydrogen) atoms. The quantitative estimate of drug-likeness (QED) is 0.486. The molecular weight excluding hydrogens is 156 g/mol. The molecule has 1 atom stereocenters. The van der Waals surface area contributed by atoms with Crippen molar-refractivity contribution in [1.29, 1.82) is 0 Å². The second-order valence-electron chi connectivity index (χ2n) is 3.19. The molecule has 1 rings (SSSR count). The van der Waals surface area contributed by atoms with E-state index in [4.69, 9.17) is 11.6 Å². The highest BCUT2D eigenvalue weighted by atomic mass is 35.5. The van der Waals surface area contributed by atoms with E-state index in [0.717, 1.165) is 0 Å². The van der Waals surface area contributed by atoms with Gasteiger partial charge >= 0.3 is 0 Å². The molecule has 0 aliphatic heterocycles. The predicted molar refractivity (Wildman–Crippen MR) is 50.9 cm³/mol.